The Labute approximate surface area is 114 Å². The Bertz CT molecular complexity index is 484. The first-order chi connectivity index (χ1) is 8.90. The van der Waals surface area contributed by atoms with Crippen LogP contribution >= 0.6 is 0 Å². The zero-order chi connectivity index (χ0) is 14.4. The highest BCUT2D eigenvalue weighted by Gasteiger charge is 2.20. The summed E-state index contributed by atoms with van der Waals surface area (Å²) >= 11 is 0. The Balaban J connectivity index is 2.54. The van der Waals surface area contributed by atoms with Crippen molar-refractivity contribution in [2.45, 2.75) is 25.5 Å². The van der Waals surface area contributed by atoms with Crippen molar-refractivity contribution < 1.29 is 18.9 Å². The van der Waals surface area contributed by atoms with Gasteiger partial charge in [-0.1, -0.05) is 17.7 Å². The molecule has 2 N–H and O–H groups in total. The number of carboxylic acid groups (broad SMARTS) is 1. The van der Waals surface area contributed by atoms with Gasteiger partial charge in [-0.25, -0.2) is 0 Å². The molecule has 1 amide bonds. The summed E-state index contributed by atoms with van der Waals surface area (Å²) in [4.78, 5) is 22.2. The second-order valence-corrected chi connectivity index (χ2v) is 6.10. The normalized spacial score (nSPS) is 13.6. The second-order valence-electron chi connectivity index (χ2n) is 4.23. The van der Waals surface area contributed by atoms with E-state index in [0.717, 1.165) is 5.56 Å². The maximum absolute atomic E-state index is 11.8. The zero-order valence-corrected chi connectivity index (χ0v) is 11.7. The minimum atomic E-state index is -1.49. The number of carbonyl (C=O) groups is 2. The van der Waals surface area contributed by atoms with Gasteiger partial charge >= 0.3 is 5.97 Å². The molecule has 1 aromatic carbocycles. The minimum Gasteiger partial charge on any atom is -0.481 e. The number of carboxylic acids is 1. The van der Waals surface area contributed by atoms with E-state index < -0.39 is 22.0 Å². The molecule has 0 bridgehead atoms. The SMILES string of the molecule is Cc1ccc(NC(=O)C(C)S(=O)CCC(=O)O)cc1. The lowest BCUT2D eigenvalue weighted by molar-refractivity contribution is -0.136. The molecule has 2 unspecified atom stereocenters. The Morgan fingerprint density at radius 2 is 1.89 bits per heavy atom. The fourth-order valence-electron chi connectivity index (χ4n) is 1.36. The molecule has 0 aliphatic rings. The summed E-state index contributed by atoms with van der Waals surface area (Å²) in [6.45, 7) is 3.47. The summed E-state index contributed by atoms with van der Waals surface area (Å²) in [5.74, 6) is -1.40. The predicted molar refractivity (Wildman–Crippen MR) is 74.5 cm³/mol. The standard InChI is InChI=1S/C13H17NO4S/c1-9-3-5-11(6-4-9)14-13(17)10(2)19(18)8-7-12(15)16/h3-6,10H,7-8H2,1-2H3,(H,14,17)(H,15,16). The number of aryl methyl sites for hydroxylation is 1. The fourth-order valence-corrected chi connectivity index (χ4v) is 2.39. The number of amides is 1. The van der Waals surface area contributed by atoms with Gasteiger partial charge in [-0.05, 0) is 26.0 Å². The van der Waals surface area contributed by atoms with Crippen LogP contribution in [0, 0.1) is 6.92 Å². The van der Waals surface area contributed by atoms with E-state index in [0.29, 0.717) is 5.69 Å². The molecule has 0 aromatic heterocycles. The van der Waals surface area contributed by atoms with Crippen LogP contribution in [0.3, 0.4) is 0 Å². The van der Waals surface area contributed by atoms with E-state index in [1.165, 1.54) is 6.92 Å². The van der Waals surface area contributed by atoms with Crippen LogP contribution in [0.1, 0.15) is 18.9 Å². The first-order valence-electron chi connectivity index (χ1n) is 5.86. The number of benzene rings is 1. The largest absolute Gasteiger partial charge is 0.481 e. The molecule has 0 aliphatic heterocycles. The zero-order valence-electron chi connectivity index (χ0n) is 10.9. The number of nitrogens with one attached hydrogen (secondary N) is 1. The third-order valence-electron chi connectivity index (χ3n) is 2.60. The van der Waals surface area contributed by atoms with Crippen LogP contribution < -0.4 is 5.32 Å². The van der Waals surface area contributed by atoms with Crippen molar-refractivity contribution in [3.05, 3.63) is 29.8 Å². The van der Waals surface area contributed by atoms with Gasteiger partial charge in [0.2, 0.25) is 5.91 Å². The van der Waals surface area contributed by atoms with Crippen molar-refractivity contribution in [1.29, 1.82) is 0 Å². The highest BCUT2D eigenvalue weighted by molar-refractivity contribution is 7.86. The van der Waals surface area contributed by atoms with Crippen LogP contribution in [0.5, 0.6) is 0 Å². The first kappa shape index (κ1) is 15.4. The van der Waals surface area contributed by atoms with Gasteiger partial charge < -0.3 is 10.4 Å². The van der Waals surface area contributed by atoms with Crippen molar-refractivity contribution in [3.8, 4) is 0 Å². The number of carbonyl (C=O) groups excluding carboxylic acids is 1. The van der Waals surface area contributed by atoms with E-state index in [2.05, 4.69) is 5.32 Å². The Morgan fingerprint density at radius 3 is 2.42 bits per heavy atom. The lowest BCUT2D eigenvalue weighted by atomic mass is 10.2. The molecular weight excluding hydrogens is 266 g/mol. The van der Waals surface area contributed by atoms with Crippen molar-refractivity contribution in [2.75, 3.05) is 11.1 Å². The molecular formula is C13H17NO4S. The number of rotatable bonds is 6. The van der Waals surface area contributed by atoms with Gasteiger partial charge in [0, 0.05) is 22.2 Å². The van der Waals surface area contributed by atoms with Crippen molar-refractivity contribution in [3.63, 3.8) is 0 Å². The molecule has 0 radical (unpaired) electrons. The summed E-state index contributed by atoms with van der Waals surface area (Å²) in [5.41, 5.74) is 1.72. The quantitative estimate of drug-likeness (QED) is 0.829. The molecule has 19 heavy (non-hydrogen) atoms. The molecule has 0 heterocycles. The first-order valence-corrected chi connectivity index (χ1v) is 7.25. The lowest BCUT2D eigenvalue weighted by Gasteiger charge is -2.11. The van der Waals surface area contributed by atoms with E-state index in [4.69, 9.17) is 5.11 Å². The summed E-state index contributed by atoms with van der Waals surface area (Å²) in [6, 6.07) is 7.25. The Morgan fingerprint density at radius 1 is 1.32 bits per heavy atom. The van der Waals surface area contributed by atoms with E-state index in [9.17, 15) is 13.8 Å². The van der Waals surface area contributed by atoms with Crippen LogP contribution in [0.15, 0.2) is 24.3 Å². The Kier molecular flexibility index (Phi) is 5.69. The maximum Gasteiger partial charge on any atom is 0.304 e. The molecule has 0 spiro atoms. The highest BCUT2D eigenvalue weighted by Crippen LogP contribution is 2.10. The summed E-state index contributed by atoms with van der Waals surface area (Å²) in [7, 11) is -1.49. The Hall–Kier alpha value is -1.69. The molecule has 1 aromatic rings. The van der Waals surface area contributed by atoms with Gasteiger partial charge in [-0.2, -0.15) is 0 Å². The topological polar surface area (TPSA) is 83.5 Å². The van der Waals surface area contributed by atoms with Gasteiger partial charge in [0.15, 0.2) is 0 Å². The van der Waals surface area contributed by atoms with E-state index in [1.807, 2.05) is 19.1 Å². The van der Waals surface area contributed by atoms with Gasteiger partial charge in [0.1, 0.15) is 5.25 Å². The monoisotopic (exact) mass is 283 g/mol. The van der Waals surface area contributed by atoms with E-state index >= 15 is 0 Å². The summed E-state index contributed by atoms with van der Waals surface area (Å²) < 4.78 is 11.7. The van der Waals surface area contributed by atoms with Crippen LogP contribution in [-0.2, 0) is 20.4 Å². The molecule has 104 valence electrons. The van der Waals surface area contributed by atoms with E-state index in [-0.39, 0.29) is 18.1 Å². The molecule has 0 saturated carbocycles. The molecule has 0 aliphatic carbocycles. The minimum absolute atomic E-state index is 0.0161. The molecule has 2 atom stereocenters. The van der Waals surface area contributed by atoms with Gasteiger partial charge in [0.25, 0.3) is 0 Å². The smallest absolute Gasteiger partial charge is 0.304 e. The molecule has 5 nitrogen and oxygen atoms in total. The number of aliphatic carboxylic acids is 1. The molecule has 0 fully saturated rings. The van der Waals surface area contributed by atoms with Crippen molar-refractivity contribution in [1.82, 2.24) is 0 Å². The molecule has 0 saturated heterocycles. The average Bonchev–Trinajstić information content (AvgIpc) is 2.37. The molecule has 6 heteroatoms. The lowest BCUT2D eigenvalue weighted by Crippen LogP contribution is -2.30. The average molecular weight is 283 g/mol. The van der Waals surface area contributed by atoms with Crippen molar-refractivity contribution >= 4 is 28.4 Å². The van der Waals surface area contributed by atoms with Crippen molar-refractivity contribution in [2.24, 2.45) is 0 Å². The van der Waals surface area contributed by atoms with Gasteiger partial charge in [-0.3, -0.25) is 13.8 Å². The van der Waals surface area contributed by atoms with Crippen LogP contribution in [0.4, 0.5) is 5.69 Å². The number of hydrogen-bond acceptors (Lipinski definition) is 3. The van der Waals surface area contributed by atoms with Gasteiger partial charge in [0.05, 0.1) is 6.42 Å². The number of anilines is 1. The maximum atomic E-state index is 11.8. The summed E-state index contributed by atoms with van der Waals surface area (Å²) in [6.07, 6.45) is -0.200. The van der Waals surface area contributed by atoms with Crippen LogP contribution in [-0.4, -0.2) is 32.2 Å². The second kappa shape index (κ2) is 7.04. The highest BCUT2D eigenvalue weighted by atomic mass is 32.2. The van der Waals surface area contributed by atoms with Gasteiger partial charge in [-0.15, -0.1) is 0 Å². The summed E-state index contributed by atoms with van der Waals surface area (Å²) in [5, 5.41) is 10.4. The third kappa shape index (κ3) is 5.21. The van der Waals surface area contributed by atoms with E-state index in [1.54, 1.807) is 12.1 Å². The number of hydrogen-bond donors (Lipinski definition) is 2. The predicted octanol–water partition coefficient (Wildman–Crippen LogP) is 1.55. The fraction of sp³-hybridized carbons (Fsp3) is 0.385. The van der Waals surface area contributed by atoms with Crippen LogP contribution in [0.2, 0.25) is 0 Å². The third-order valence-corrected chi connectivity index (χ3v) is 4.21. The molecule has 1 rings (SSSR count). The van der Waals surface area contributed by atoms with Crippen LogP contribution in [0.25, 0.3) is 0 Å².